The molecule has 0 aromatic rings. The molecule has 0 spiro atoms. The van der Waals surface area contributed by atoms with Crippen molar-refractivity contribution >= 4 is 5.78 Å². The highest BCUT2D eigenvalue weighted by molar-refractivity contribution is 5.83. The van der Waals surface area contributed by atoms with E-state index < -0.39 is 0 Å². The van der Waals surface area contributed by atoms with Gasteiger partial charge in [-0.15, -0.1) is 0 Å². The van der Waals surface area contributed by atoms with Gasteiger partial charge < -0.3 is 0 Å². The van der Waals surface area contributed by atoms with Gasteiger partial charge >= 0.3 is 0 Å². The van der Waals surface area contributed by atoms with Crippen molar-refractivity contribution in [3.8, 4) is 0 Å². The van der Waals surface area contributed by atoms with Gasteiger partial charge in [0.15, 0.2) is 0 Å². The third kappa shape index (κ3) is 3.25. The van der Waals surface area contributed by atoms with Crippen LogP contribution in [-0.2, 0) is 4.79 Å². The number of rotatable bonds is 5. The summed E-state index contributed by atoms with van der Waals surface area (Å²) in [5.41, 5.74) is 5.77. The molecule has 28 heavy (non-hydrogen) atoms. The van der Waals surface area contributed by atoms with Crippen LogP contribution in [0.3, 0.4) is 0 Å². The predicted octanol–water partition coefficient (Wildman–Crippen LogP) is 7.66. The summed E-state index contributed by atoms with van der Waals surface area (Å²) in [7, 11) is 0. The lowest BCUT2D eigenvalue weighted by Crippen LogP contribution is -2.41. The fourth-order valence-electron chi connectivity index (χ4n) is 7.76. The molecule has 156 valence electrons. The molecular weight excluding hydrogens is 340 g/mol. The zero-order valence-electron chi connectivity index (χ0n) is 19.1. The molecule has 0 unspecified atom stereocenters. The lowest BCUT2D eigenvalue weighted by Gasteiger charge is -2.51. The molecule has 2 fully saturated rings. The van der Waals surface area contributed by atoms with Crippen LogP contribution in [0.5, 0.6) is 0 Å². The monoisotopic (exact) mass is 382 g/mol. The van der Waals surface area contributed by atoms with Gasteiger partial charge in [0.05, 0.1) is 0 Å². The van der Waals surface area contributed by atoms with E-state index in [1.54, 1.807) is 5.57 Å². The molecule has 0 bridgehead atoms. The number of fused-ring (bicyclic) bond motifs is 4. The Hall–Kier alpha value is -0.850. The van der Waals surface area contributed by atoms with E-state index in [9.17, 15) is 4.79 Å². The van der Waals surface area contributed by atoms with Crippen LogP contribution >= 0.6 is 0 Å². The summed E-state index contributed by atoms with van der Waals surface area (Å²) < 4.78 is 0. The smallest absolute Gasteiger partial charge is 0.137 e. The maximum atomic E-state index is 12.0. The summed E-state index contributed by atoms with van der Waals surface area (Å²) in [5, 5.41) is 0. The molecule has 0 heterocycles. The van der Waals surface area contributed by atoms with Gasteiger partial charge in [0.25, 0.3) is 0 Å². The van der Waals surface area contributed by atoms with E-state index in [-0.39, 0.29) is 5.41 Å². The van der Waals surface area contributed by atoms with Crippen molar-refractivity contribution in [2.45, 2.75) is 105 Å². The van der Waals surface area contributed by atoms with Gasteiger partial charge in [-0.2, -0.15) is 0 Å². The minimum absolute atomic E-state index is 0.212. The number of carbonyl (C=O) groups excluding carboxylic acids is 1. The van der Waals surface area contributed by atoms with Crippen molar-refractivity contribution in [3.63, 3.8) is 0 Å². The topological polar surface area (TPSA) is 17.1 Å². The second-order valence-electron chi connectivity index (χ2n) is 11.5. The molecular formula is C27H42O. The molecule has 1 nitrogen and oxygen atoms in total. The highest BCUT2D eigenvalue weighted by Gasteiger charge is 2.54. The first-order chi connectivity index (χ1) is 13.3. The van der Waals surface area contributed by atoms with Gasteiger partial charge in [0, 0.05) is 18.3 Å². The molecule has 0 radical (unpaired) electrons. The van der Waals surface area contributed by atoms with Crippen molar-refractivity contribution in [1.29, 1.82) is 0 Å². The number of carbonyl (C=O) groups is 1. The molecule has 0 aliphatic heterocycles. The standard InChI is InChI=1S/C27H42O/c1-18(2)7-6-8-19(3)23-11-12-24-22-10-9-20-17-21(28)13-15-26(20,4)25(22)14-16-27(23,24)5/h9,18-19,23-24H,6-8,10-17H2,1-5H3/t19-,23-,24+,26+,27-/m1/s1. The Kier molecular flexibility index (Phi) is 5.43. The van der Waals surface area contributed by atoms with Gasteiger partial charge in [-0.1, -0.05) is 76.7 Å². The third-order valence-corrected chi connectivity index (χ3v) is 9.49. The van der Waals surface area contributed by atoms with Gasteiger partial charge in [0.1, 0.15) is 5.78 Å². The van der Waals surface area contributed by atoms with E-state index in [1.165, 1.54) is 50.5 Å². The van der Waals surface area contributed by atoms with Crippen LogP contribution in [-0.4, -0.2) is 5.78 Å². The van der Waals surface area contributed by atoms with Crippen LogP contribution in [0.4, 0.5) is 0 Å². The number of ketones is 1. The van der Waals surface area contributed by atoms with Crippen molar-refractivity contribution in [2.24, 2.45) is 34.5 Å². The number of Topliss-reactive ketones (excluding diaryl/α,β-unsaturated/α-hetero) is 1. The predicted molar refractivity (Wildman–Crippen MR) is 118 cm³/mol. The summed E-state index contributed by atoms with van der Waals surface area (Å²) in [6.45, 7) is 12.4. The second-order valence-corrected chi connectivity index (χ2v) is 11.5. The van der Waals surface area contributed by atoms with Crippen LogP contribution < -0.4 is 0 Å². The Morgan fingerprint density at radius 3 is 2.61 bits per heavy atom. The Morgan fingerprint density at radius 2 is 1.86 bits per heavy atom. The molecule has 0 aromatic carbocycles. The quantitative estimate of drug-likeness (QED) is 0.446. The molecule has 0 N–H and O–H groups in total. The average molecular weight is 383 g/mol. The van der Waals surface area contributed by atoms with Crippen LogP contribution in [0, 0.1) is 34.5 Å². The van der Waals surface area contributed by atoms with Crippen LogP contribution in [0.15, 0.2) is 22.8 Å². The molecule has 5 atom stereocenters. The third-order valence-electron chi connectivity index (χ3n) is 9.49. The SMILES string of the molecule is CC(C)CCC[C@@H](C)[C@H]1CC[C@H]2C3=C(CC[C@]12C)[C@@]1(C)CCC(=O)CC1=CC3. The highest BCUT2D eigenvalue weighted by Crippen LogP contribution is 2.64. The Bertz CT molecular complexity index is 695. The Morgan fingerprint density at radius 1 is 1.07 bits per heavy atom. The average Bonchev–Trinajstić information content (AvgIpc) is 2.99. The van der Waals surface area contributed by atoms with Crippen molar-refractivity contribution < 1.29 is 4.79 Å². The van der Waals surface area contributed by atoms with Crippen molar-refractivity contribution in [3.05, 3.63) is 22.8 Å². The van der Waals surface area contributed by atoms with E-state index in [2.05, 4.69) is 40.7 Å². The summed E-state index contributed by atoms with van der Waals surface area (Å²) in [5.74, 6) is 3.89. The molecule has 0 saturated heterocycles. The van der Waals surface area contributed by atoms with E-state index in [0.29, 0.717) is 11.2 Å². The first-order valence-corrected chi connectivity index (χ1v) is 12.2. The molecule has 4 aliphatic carbocycles. The summed E-state index contributed by atoms with van der Waals surface area (Å²) >= 11 is 0. The second kappa shape index (κ2) is 7.44. The number of hydrogen-bond donors (Lipinski definition) is 0. The molecule has 0 aromatic heterocycles. The lowest BCUT2D eigenvalue weighted by atomic mass is 9.53. The largest absolute Gasteiger partial charge is 0.299 e. The van der Waals surface area contributed by atoms with E-state index in [0.717, 1.165) is 49.4 Å². The zero-order chi connectivity index (χ0) is 20.1. The molecule has 4 aliphatic rings. The minimum Gasteiger partial charge on any atom is -0.299 e. The van der Waals surface area contributed by atoms with Crippen LogP contribution in [0.2, 0.25) is 0 Å². The number of hydrogen-bond acceptors (Lipinski definition) is 1. The van der Waals surface area contributed by atoms with Gasteiger partial charge in [-0.3, -0.25) is 4.79 Å². The Balaban J connectivity index is 1.54. The minimum atomic E-state index is 0.212. The van der Waals surface area contributed by atoms with Crippen LogP contribution in [0.1, 0.15) is 105 Å². The van der Waals surface area contributed by atoms with Crippen molar-refractivity contribution in [1.82, 2.24) is 0 Å². The van der Waals surface area contributed by atoms with E-state index >= 15 is 0 Å². The molecule has 4 rings (SSSR count). The summed E-state index contributed by atoms with van der Waals surface area (Å²) in [4.78, 5) is 12.0. The number of allylic oxidation sites excluding steroid dienone is 4. The zero-order valence-corrected chi connectivity index (χ0v) is 19.1. The first kappa shape index (κ1) is 20.4. The lowest BCUT2D eigenvalue weighted by molar-refractivity contribution is -0.120. The van der Waals surface area contributed by atoms with E-state index in [4.69, 9.17) is 0 Å². The molecule has 0 amide bonds. The highest BCUT2D eigenvalue weighted by atomic mass is 16.1. The molecule has 1 heteroatoms. The normalized spacial score (nSPS) is 38.8. The van der Waals surface area contributed by atoms with Crippen LogP contribution in [0.25, 0.3) is 0 Å². The molecule has 2 saturated carbocycles. The summed E-state index contributed by atoms with van der Waals surface area (Å²) in [6.07, 6.45) is 15.9. The first-order valence-electron chi connectivity index (χ1n) is 12.2. The van der Waals surface area contributed by atoms with Gasteiger partial charge in [-0.05, 0) is 67.6 Å². The van der Waals surface area contributed by atoms with E-state index in [1.807, 2.05) is 5.57 Å². The summed E-state index contributed by atoms with van der Waals surface area (Å²) in [6, 6.07) is 0. The fourth-order valence-corrected chi connectivity index (χ4v) is 7.76. The van der Waals surface area contributed by atoms with Gasteiger partial charge in [-0.25, -0.2) is 0 Å². The maximum absolute atomic E-state index is 12.0. The fraction of sp³-hybridized carbons (Fsp3) is 0.815. The maximum Gasteiger partial charge on any atom is 0.137 e. The Labute approximate surface area is 173 Å². The van der Waals surface area contributed by atoms with Gasteiger partial charge in [0.2, 0.25) is 0 Å². The van der Waals surface area contributed by atoms with Crippen molar-refractivity contribution in [2.75, 3.05) is 0 Å².